The fraction of sp³-hybridized carbons (Fsp3) is 0.222. The molecule has 3 aromatic rings. The Kier molecular flexibility index (Phi) is 4.23. The zero-order valence-corrected chi connectivity index (χ0v) is 12.5. The van der Waals surface area contributed by atoms with Crippen LogP contribution in [0.4, 0.5) is 0 Å². The van der Waals surface area contributed by atoms with E-state index in [2.05, 4.69) is 54.6 Å². The predicted octanol–water partition coefficient (Wildman–Crippen LogP) is 3.76. The van der Waals surface area contributed by atoms with Gasteiger partial charge in [-0.15, -0.1) is 0 Å². The molecule has 0 saturated carbocycles. The van der Waals surface area contributed by atoms with Crippen molar-refractivity contribution in [3.63, 3.8) is 0 Å². The first-order valence-corrected chi connectivity index (χ1v) is 7.48. The number of benzene rings is 3. The second-order valence-corrected chi connectivity index (χ2v) is 4.98. The number of hydrogen-bond donors (Lipinski definition) is 0. The summed E-state index contributed by atoms with van der Waals surface area (Å²) in [7, 11) is -0.311. The maximum absolute atomic E-state index is 5.80. The third kappa shape index (κ3) is 2.67. The van der Waals surface area contributed by atoms with Crippen molar-refractivity contribution in [3.8, 4) is 0 Å². The van der Waals surface area contributed by atoms with Crippen LogP contribution in [0.25, 0.3) is 21.5 Å². The molecule has 0 unspecified atom stereocenters. The Bertz CT molecular complexity index is 748. The van der Waals surface area contributed by atoms with Gasteiger partial charge in [0.1, 0.15) is 0 Å². The van der Waals surface area contributed by atoms with E-state index in [-0.39, 0.29) is 7.12 Å². The van der Waals surface area contributed by atoms with Gasteiger partial charge in [-0.2, -0.15) is 0 Å². The molecule has 21 heavy (non-hydrogen) atoms. The molecule has 3 heteroatoms. The average molecular weight is 278 g/mol. The molecule has 0 fully saturated rings. The third-order valence-electron chi connectivity index (χ3n) is 3.69. The van der Waals surface area contributed by atoms with Crippen LogP contribution in [-0.2, 0) is 9.31 Å². The van der Waals surface area contributed by atoms with E-state index in [1.807, 2.05) is 13.8 Å². The highest BCUT2D eigenvalue weighted by molar-refractivity contribution is 6.65. The van der Waals surface area contributed by atoms with Crippen LogP contribution in [-0.4, -0.2) is 20.3 Å². The topological polar surface area (TPSA) is 18.5 Å². The van der Waals surface area contributed by atoms with Gasteiger partial charge in [-0.25, -0.2) is 0 Å². The van der Waals surface area contributed by atoms with Crippen LogP contribution >= 0.6 is 0 Å². The molecule has 106 valence electrons. The van der Waals surface area contributed by atoms with Crippen LogP contribution in [0, 0.1) is 0 Å². The van der Waals surface area contributed by atoms with Gasteiger partial charge in [0, 0.05) is 13.2 Å². The number of rotatable bonds is 5. The van der Waals surface area contributed by atoms with Crippen LogP contribution in [0.1, 0.15) is 13.8 Å². The van der Waals surface area contributed by atoms with Gasteiger partial charge < -0.3 is 9.31 Å². The average Bonchev–Trinajstić information content (AvgIpc) is 2.54. The lowest BCUT2D eigenvalue weighted by molar-refractivity contribution is 0.225. The van der Waals surface area contributed by atoms with Crippen molar-refractivity contribution < 1.29 is 9.31 Å². The molecular weight excluding hydrogens is 259 g/mol. The summed E-state index contributed by atoms with van der Waals surface area (Å²) in [5.74, 6) is 0. The van der Waals surface area contributed by atoms with E-state index in [1.165, 1.54) is 21.5 Å². The first kappa shape index (κ1) is 14.1. The fourth-order valence-corrected chi connectivity index (χ4v) is 2.81. The van der Waals surface area contributed by atoms with E-state index in [4.69, 9.17) is 9.31 Å². The molecule has 0 amide bonds. The van der Waals surface area contributed by atoms with E-state index in [0.29, 0.717) is 13.2 Å². The van der Waals surface area contributed by atoms with Crippen LogP contribution < -0.4 is 5.46 Å². The summed E-state index contributed by atoms with van der Waals surface area (Å²) in [6.07, 6.45) is 0. The predicted molar refractivity (Wildman–Crippen MR) is 90.1 cm³/mol. The minimum absolute atomic E-state index is 0.311. The van der Waals surface area contributed by atoms with Gasteiger partial charge in [0.05, 0.1) is 0 Å². The van der Waals surface area contributed by atoms with E-state index >= 15 is 0 Å². The molecule has 0 aromatic heterocycles. The highest BCUT2D eigenvalue weighted by Crippen LogP contribution is 2.24. The smallest absolute Gasteiger partial charge is 0.408 e. The third-order valence-corrected chi connectivity index (χ3v) is 3.69. The van der Waals surface area contributed by atoms with Crippen molar-refractivity contribution in [1.29, 1.82) is 0 Å². The molecule has 0 aliphatic carbocycles. The molecule has 0 heterocycles. The summed E-state index contributed by atoms with van der Waals surface area (Å²) in [5, 5.41) is 4.93. The molecule has 0 bridgehead atoms. The zero-order chi connectivity index (χ0) is 14.7. The Morgan fingerprint density at radius 2 is 1.33 bits per heavy atom. The Morgan fingerprint density at radius 1 is 0.762 bits per heavy atom. The molecule has 0 aliphatic heterocycles. The number of hydrogen-bond acceptors (Lipinski definition) is 2. The van der Waals surface area contributed by atoms with Gasteiger partial charge in [0.2, 0.25) is 0 Å². The molecule has 0 radical (unpaired) electrons. The van der Waals surface area contributed by atoms with Crippen LogP contribution in [0.5, 0.6) is 0 Å². The minimum Gasteiger partial charge on any atom is -0.408 e. The first-order valence-electron chi connectivity index (χ1n) is 7.48. The van der Waals surface area contributed by atoms with Gasteiger partial charge in [-0.05, 0) is 40.9 Å². The van der Waals surface area contributed by atoms with E-state index in [9.17, 15) is 0 Å². The summed E-state index contributed by atoms with van der Waals surface area (Å²) in [6.45, 7) is 5.25. The van der Waals surface area contributed by atoms with Gasteiger partial charge in [0.25, 0.3) is 0 Å². The van der Waals surface area contributed by atoms with Gasteiger partial charge in [-0.3, -0.25) is 0 Å². The molecule has 0 spiro atoms. The van der Waals surface area contributed by atoms with E-state index in [0.717, 1.165) is 5.46 Å². The summed E-state index contributed by atoms with van der Waals surface area (Å²) in [4.78, 5) is 0. The zero-order valence-electron chi connectivity index (χ0n) is 12.5. The largest absolute Gasteiger partial charge is 0.494 e. The maximum Gasteiger partial charge on any atom is 0.494 e. The van der Waals surface area contributed by atoms with Crippen molar-refractivity contribution in [1.82, 2.24) is 0 Å². The molecule has 0 saturated heterocycles. The second-order valence-electron chi connectivity index (χ2n) is 4.98. The highest BCUT2D eigenvalue weighted by atomic mass is 16.6. The fourth-order valence-electron chi connectivity index (χ4n) is 2.81. The van der Waals surface area contributed by atoms with E-state index < -0.39 is 0 Å². The monoisotopic (exact) mass is 278 g/mol. The van der Waals surface area contributed by atoms with Crippen molar-refractivity contribution in [2.75, 3.05) is 13.2 Å². The normalized spacial score (nSPS) is 11.1. The van der Waals surface area contributed by atoms with Crippen molar-refractivity contribution in [2.45, 2.75) is 13.8 Å². The van der Waals surface area contributed by atoms with Crippen LogP contribution in [0.15, 0.2) is 54.6 Å². The standard InChI is InChI=1S/C18H19BO2/c1-3-20-19(21-4-2)18-13-14-9-5-6-10-15(14)16-11-7-8-12-17(16)18/h5-13H,3-4H2,1-2H3. The first-order chi connectivity index (χ1) is 10.3. The molecule has 0 aliphatic rings. The molecule has 0 N–H and O–H groups in total. The van der Waals surface area contributed by atoms with Crippen molar-refractivity contribution in [3.05, 3.63) is 54.6 Å². The highest BCUT2D eigenvalue weighted by Gasteiger charge is 2.23. The second kappa shape index (κ2) is 6.29. The lowest BCUT2D eigenvalue weighted by Crippen LogP contribution is -2.37. The Labute approximate surface area is 125 Å². The number of fused-ring (bicyclic) bond motifs is 3. The Morgan fingerprint density at radius 3 is 2.00 bits per heavy atom. The van der Waals surface area contributed by atoms with Crippen LogP contribution in [0.3, 0.4) is 0 Å². The Balaban J connectivity index is 2.28. The van der Waals surface area contributed by atoms with Crippen LogP contribution in [0.2, 0.25) is 0 Å². The summed E-state index contributed by atoms with van der Waals surface area (Å²) in [6, 6.07) is 19.1. The van der Waals surface area contributed by atoms with Gasteiger partial charge >= 0.3 is 7.12 Å². The summed E-state index contributed by atoms with van der Waals surface area (Å²) >= 11 is 0. The Hall–Kier alpha value is -1.84. The van der Waals surface area contributed by atoms with Crippen molar-refractivity contribution in [2.24, 2.45) is 0 Å². The summed E-state index contributed by atoms with van der Waals surface area (Å²) in [5.41, 5.74) is 1.10. The lowest BCUT2D eigenvalue weighted by Gasteiger charge is -2.16. The van der Waals surface area contributed by atoms with E-state index in [1.54, 1.807) is 0 Å². The van der Waals surface area contributed by atoms with Crippen molar-refractivity contribution >= 4 is 34.1 Å². The lowest BCUT2D eigenvalue weighted by atomic mass is 9.74. The van der Waals surface area contributed by atoms with Gasteiger partial charge in [0.15, 0.2) is 0 Å². The summed E-state index contributed by atoms with van der Waals surface area (Å²) < 4.78 is 11.6. The molecule has 3 aromatic carbocycles. The molecular formula is C18H19BO2. The quantitative estimate of drug-likeness (QED) is 0.522. The maximum atomic E-state index is 5.80. The molecule has 2 nitrogen and oxygen atoms in total. The molecule has 0 atom stereocenters. The molecule has 3 rings (SSSR count). The minimum atomic E-state index is -0.311. The SMILES string of the molecule is CCOB(OCC)c1cc2ccccc2c2ccccc12. The van der Waals surface area contributed by atoms with Gasteiger partial charge in [-0.1, -0.05) is 54.6 Å².